The Balaban J connectivity index is 1.43. The Labute approximate surface area is 215 Å². The third-order valence-electron chi connectivity index (χ3n) is 7.55. The molecule has 1 aromatic heterocycles. The van der Waals surface area contributed by atoms with Gasteiger partial charge in [0, 0.05) is 31.6 Å². The average Bonchev–Trinajstić information content (AvgIpc) is 3.19. The van der Waals surface area contributed by atoms with Gasteiger partial charge in [0.1, 0.15) is 11.9 Å². The van der Waals surface area contributed by atoms with Crippen LogP contribution in [0.1, 0.15) is 43.7 Å². The number of carbonyl (C=O) groups excluding carboxylic acids is 1. The number of ether oxygens (including phenoxy) is 2. The summed E-state index contributed by atoms with van der Waals surface area (Å²) in [6, 6.07) is 8.95. The van der Waals surface area contributed by atoms with Crippen molar-refractivity contribution in [2.24, 2.45) is 5.41 Å². The largest absolute Gasteiger partial charge is 0.493 e. The molecule has 4 rings (SSSR count). The first-order valence-corrected chi connectivity index (χ1v) is 12.5. The Hall–Kier alpha value is -3.01. The van der Waals surface area contributed by atoms with Crippen molar-refractivity contribution in [2.45, 2.75) is 51.3 Å². The van der Waals surface area contributed by atoms with Gasteiger partial charge in [-0.1, -0.05) is 26.0 Å². The summed E-state index contributed by atoms with van der Waals surface area (Å²) in [5.74, 6) is 1.93. The maximum atomic E-state index is 12.6. The van der Waals surface area contributed by atoms with Crippen molar-refractivity contribution < 1.29 is 32.5 Å². The van der Waals surface area contributed by atoms with Gasteiger partial charge in [0.05, 0.1) is 33.2 Å². The highest BCUT2D eigenvalue weighted by Crippen LogP contribution is 2.47. The smallest absolute Gasteiger partial charge is 0.393 e. The Bertz CT molecular complexity index is 1090. The Morgan fingerprint density at radius 1 is 1.19 bits per heavy atom. The quantitative estimate of drug-likeness (QED) is 0.534. The number of aromatic nitrogens is 1. The molecular weight excluding hydrogens is 487 g/mol. The fraction of sp³-hybridized carbons (Fsp3) is 0.556. The number of pyridine rings is 1. The minimum Gasteiger partial charge on any atom is -0.493 e. The van der Waals surface area contributed by atoms with Crippen molar-refractivity contribution in [3.05, 3.63) is 47.7 Å². The SMILES string of the molecule is CCC1(C)CN(C(=O)CCO)CC1c1ccc(OC)c(OC2CN(c3ccc(CC(F)(F)F)cn3)C2)c1. The molecule has 2 saturated heterocycles. The molecule has 2 fully saturated rings. The van der Waals surface area contributed by atoms with E-state index in [-0.39, 0.29) is 41.9 Å². The van der Waals surface area contributed by atoms with E-state index in [9.17, 15) is 23.1 Å². The van der Waals surface area contributed by atoms with E-state index >= 15 is 0 Å². The molecule has 37 heavy (non-hydrogen) atoms. The van der Waals surface area contributed by atoms with E-state index in [1.807, 2.05) is 28.0 Å². The van der Waals surface area contributed by atoms with Crippen LogP contribution in [0.4, 0.5) is 19.0 Å². The molecule has 7 nitrogen and oxygen atoms in total. The van der Waals surface area contributed by atoms with Gasteiger partial charge in [0.25, 0.3) is 0 Å². The predicted octanol–water partition coefficient (Wildman–Crippen LogP) is 4.19. The van der Waals surface area contributed by atoms with E-state index in [1.165, 1.54) is 12.3 Å². The lowest BCUT2D eigenvalue weighted by Gasteiger charge is -2.40. The van der Waals surface area contributed by atoms with Crippen molar-refractivity contribution in [3.63, 3.8) is 0 Å². The summed E-state index contributed by atoms with van der Waals surface area (Å²) in [5.41, 5.74) is 1.10. The summed E-state index contributed by atoms with van der Waals surface area (Å²) in [7, 11) is 1.59. The average molecular weight is 522 g/mol. The molecule has 2 aliphatic rings. The summed E-state index contributed by atoms with van der Waals surface area (Å²) >= 11 is 0. The normalized spacial score (nSPS) is 22.2. The van der Waals surface area contributed by atoms with E-state index in [4.69, 9.17) is 9.47 Å². The van der Waals surface area contributed by atoms with Crippen molar-refractivity contribution in [1.82, 2.24) is 9.88 Å². The fourth-order valence-corrected chi connectivity index (χ4v) is 5.18. The lowest BCUT2D eigenvalue weighted by molar-refractivity contribution is -0.131. The van der Waals surface area contributed by atoms with Crippen LogP contribution in [0.3, 0.4) is 0 Å². The van der Waals surface area contributed by atoms with Crippen molar-refractivity contribution in [3.8, 4) is 11.5 Å². The molecule has 2 atom stereocenters. The van der Waals surface area contributed by atoms with Crippen LogP contribution in [0.2, 0.25) is 0 Å². The molecule has 1 N–H and O–H groups in total. The van der Waals surface area contributed by atoms with Crippen LogP contribution in [0.25, 0.3) is 0 Å². The molecule has 2 aliphatic heterocycles. The molecular formula is C27H34F3N3O4. The van der Waals surface area contributed by atoms with Crippen molar-refractivity contribution in [2.75, 3.05) is 44.8 Å². The molecule has 0 bridgehead atoms. The van der Waals surface area contributed by atoms with Crippen LogP contribution in [0.15, 0.2) is 36.5 Å². The molecule has 3 heterocycles. The molecule has 0 aliphatic carbocycles. The van der Waals surface area contributed by atoms with E-state index in [2.05, 4.69) is 18.8 Å². The zero-order chi connectivity index (χ0) is 26.8. The lowest BCUT2D eigenvalue weighted by Crippen LogP contribution is -2.54. The Kier molecular flexibility index (Phi) is 7.87. The van der Waals surface area contributed by atoms with Gasteiger partial charge < -0.3 is 24.4 Å². The van der Waals surface area contributed by atoms with Crippen LogP contribution in [0.5, 0.6) is 11.5 Å². The number of halogens is 3. The third kappa shape index (κ3) is 6.11. The van der Waals surface area contributed by atoms with Crippen LogP contribution in [-0.4, -0.2) is 73.1 Å². The topological polar surface area (TPSA) is 75.1 Å². The number of carbonyl (C=O) groups is 1. The van der Waals surface area contributed by atoms with Crippen molar-refractivity contribution in [1.29, 1.82) is 0 Å². The van der Waals surface area contributed by atoms with Gasteiger partial charge in [0.15, 0.2) is 11.5 Å². The Morgan fingerprint density at radius 3 is 2.54 bits per heavy atom. The number of aliphatic hydroxyl groups excluding tert-OH is 1. The number of aliphatic hydroxyl groups is 1. The number of hydrogen-bond donors (Lipinski definition) is 1. The van der Waals surface area contributed by atoms with E-state index < -0.39 is 12.6 Å². The van der Waals surface area contributed by atoms with Gasteiger partial charge in [-0.05, 0) is 41.2 Å². The van der Waals surface area contributed by atoms with Gasteiger partial charge in [-0.2, -0.15) is 13.2 Å². The highest BCUT2D eigenvalue weighted by molar-refractivity contribution is 5.77. The summed E-state index contributed by atoms with van der Waals surface area (Å²) < 4.78 is 49.5. The van der Waals surface area contributed by atoms with E-state index in [1.54, 1.807) is 13.2 Å². The lowest BCUT2D eigenvalue weighted by atomic mass is 9.74. The van der Waals surface area contributed by atoms with E-state index in [0.717, 1.165) is 12.0 Å². The van der Waals surface area contributed by atoms with Crippen LogP contribution in [0, 0.1) is 5.41 Å². The summed E-state index contributed by atoms with van der Waals surface area (Å²) in [5, 5.41) is 9.19. The summed E-state index contributed by atoms with van der Waals surface area (Å²) in [6.45, 7) is 6.49. The highest BCUT2D eigenvalue weighted by atomic mass is 19.4. The number of likely N-dealkylation sites (tertiary alicyclic amines) is 1. The molecule has 1 aromatic carbocycles. The van der Waals surface area contributed by atoms with Crippen LogP contribution >= 0.6 is 0 Å². The summed E-state index contributed by atoms with van der Waals surface area (Å²) in [4.78, 5) is 20.5. The molecule has 0 radical (unpaired) electrons. The molecule has 1 amide bonds. The van der Waals surface area contributed by atoms with Crippen LogP contribution in [-0.2, 0) is 11.2 Å². The molecule has 0 spiro atoms. The predicted molar refractivity (Wildman–Crippen MR) is 133 cm³/mol. The first-order valence-electron chi connectivity index (χ1n) is 12.5. The minimum absolute atomic E-state index is 0.0377. The van der Waals surface area contributed by atoms with Gasteiger partial charge in [-0.3, -0.25) is 4.79 Å². The first kappa shape index (κ1) is 27.0. The van der Waals surface area contributed by atoms with Crippen molar-refractivity contribution >= 4 is 11.7 Å². The molecule has 2 unspecified atom stereocenters. The summed E-state index contributed by atoms with van der Waals surface area (Å²) in [6.07, 6.45) is -3.08. The second-order valence-corrected chi connectivity index (χ2v) is 10.2. The Morgan fingerprint density at radius 2 is 1.95 bits per heavy atom. The molecule has 0 saturated carbocycles. The van der Waals surface area contributed by atoms with Gasteiger partial charge in [-0.15, -0.1) is 0 Å². The highest BCUT2D eigenvalue weighted by Gasteiger charge is 2.44. The second kappa shape index (κ2) is 10.8. The number of methoxy groups -OCH3 is 1. The monoisotopic (exact) mass is 521 g/mol. The second-order valence-electron chi connectivity index (χ2n) is 10.2. The number of nitrogens with zero attached hydrogens (tertiary/aromatic N) is 3. The number of hydrogen-bond acceptors (Lipinski definition) is 6. The molecule has 2 aromatic rings. The standard InChI is InChI=1S/C27H34F3N3O4/c1-4-26(2)17-33(25(35)9-10-34)16-21(26)19-6-7-22(36-3)23(11-19)37-20-14-32(15-20)24-8-5-18(13-31-24)12-27(28,29)30/h5-8,11,13,20-21,34H,4,9-10,12,14-17H2,1-3H3. The minimum atomic E-state index is -4.26. The number of rotatable bonds is 9. The van der Waals surface area contributed by atoms with Gasteiger partial charge in [-0.25, -0.2) is 4.98 Å². The molecule has 202 valence electrons. The van der Waals surface area contributed by atoms with E-state index in [0.29, 0.717) is 43.5 Å². The molecule has 10 heteroatoms. The number of benzene rings is 1. The maximum absolute atomic E-state index is 12.6. The third-order valence-corrected chi connectivity index (χ3v) is 7.55. The number of anilines is 1. The zero-order valence-electron chi connectivity index (χ0n) is 21.4. The zero-order valence-corrected chi connectivity index (χ0v) is 21.4. The maximum Gasteiger partial charge on any atom is 0.393 e. The van der Waals surface area contributed by atoms with Gasteiger partial charge >= 0.3 is 6.18 Å². The fourth-order valence-electron chi connectivity index (χ4n) is 5.18. The van der Waals surface area contributed by atoms with Crippen LogP contribution < -0.4 is 14.4 Å². The number of alkyl halides is 3. The first-order chi connectivity index (χ1) is 17.5. The van der Waals surface area contributed by atoms with Gasteiger partial charge in [0.2, 0.25) is 5.91 Å². The number of amides is 1.